The molecule has 1 heterocycles. The molecule has 2 aliphatic rings. The van der Waals surface area contributed by atoms with Crippen LogP contribution in [0, 0.1) is 17.8 Å². The van der Waals surface area contributed by atoms with Gasteiger partial charge in [0, 0.05) is 25.0 Å². The molecule has 0 aromatic heterocycles. The summed E-state index contributed by atoms with van der Waals surface area (Å²) in [4.78, 5) is 14.3. The van der Waals surface area contributed by atoms with Gasteiger partial charge in [-0.1, -0.05) is 19.9 Å². The van der Waals surface area contributed by atoms with E-state index in [1.807, 2.05) is 19.0 Å². The maximum absolute atomic E-state index is 13.2. The van der Waals surface area contributed by atoms with E-state index in [2.05, 4.69) is 24.5 Å². The van der Waals surface area contributed by atoms with Crippen LogP contribution in [0.2, 0.25) is 0 Å². The van der Waals surface area contributed by atoms with Crippen LogP contribution < -0.4 is 10.6 Å². The summed E-state index contributed by atoms with van der Waals surface area (Å²) in [6, 6.07) is 3.85. The number of carbonyl (C=O) groups is 1. The number of fused-ring (bicyclic) bond motifs is 1. The second-order valence-corrected chi connectivity index (χ2v) is 11.5. The summed E-state index contributed by atoms with van der Waals surface area (Å²) in [5, 5.41) is 5.13. The first-order valence-corrected chi connectivity index (χ1v) is 12.5. The number of carbonyl (C=O) groups excluding carboxylic acids is 1. The van der Waals surface area contributed by atoms with Gasteiger partial charge < -0.3 is 15.5 Å². The van der Waals surface area contributed by atoms with Crippen LogP contribution in [-0.2, 0) is 20.8 Å². The van der Waals surface area contributed by atoms with Crippen molar-refractivity contribution in [3.8, 4) is 0 Å². The average molecular weight is 476 g/mol. The van der Waals surface area contributed by atoms with Gasteiger partial charge in [0.2, 0.25) is 5.91 Å². The van der Waals surface area contributed by atoms with Crippen molar-refractivity contribution in [2.75, 3.05) is 20.6 Å². The van der Waals surface area contributed by atoms with Gasteiger partial charge in [-0.15, -0.1) is 0 Å². The molecule has 1 unspecified atom stereocenters. The Morgan fingerprint density at radius 2 is 1.91 bits per heavy atom. The Morgan fingerprint density at radius 3 is 2.50 bits per heavy atom. The van der Waals surface area contributed by atoms with Crippen LogP contribution in [0.25, 0.3) is 0 Å². The molecule has 6 nitrogen and oxygen atoms in total. The number of halogens is 3. The van der Waals surface area contributed by atoms with Crippen molar-refractivity contribution in [3.63, 3.8) is 0 Å². The minimum absolute atomic E-state index is 0.0627. The zero-order valence-electron chi connectivity index (χ0n) is 18.8. The van der Waals surface area contributed by atoms with Crippen LogP contribution in [0.15, 0.2) is 29.2 Å². The molecular formula is C22H32F3N3O3S. The molecule has 1 aliphatic heterocycles. The zero-order valence-corrected chi connectivity index (χ0v) is 19.6. The van der Waals surface area contributed by atoms with Gasteiger partial charge in [0.05, 0.1) is 10.5 Å². The van der Waals surface area contributed by atoms with E-state index in [-0.39, 0.29) is 34.7 Å². The van der Waals surface area contributed by atoms with Gasteiger partial charge in [-0.2, -0.15) is 13.2 Å². The average Bonchev–Trinajstić information content (AvgIpc) is 3.28. The summed E-state index contributed by atoms with van der Waals surface area (Å²) in [6.07, 6.45) is -3.00. The second-order valence-electron chi connectivity index (χ2n) is 9.46. The fraction of sp³-hybridized carbons (Fsp3) is 0.682. The number of amides is 1. The van der Waals surface area contributed by atoms with Crippen molar-refractivity contribution in [1.82, 2.24) is 15.5 Å². The molecule has 32 heavy (non-hydrogen) atoms. The molecule has 1 aromatic carbocycles. The van der Waals surface area contributed by atoms with E-state index in [1.54, 1.807) is 0 Å². The van der Waals surface area contributed by atoms with Crippen molar-refractivity contribution in [3.05, 3.63) is 29.8 Å². The summed E-state index contributed by atoms with van der Waals surface area (Å²) in [7, 11) is -0.123. The van der Waals surface area contributed by atoms with Crippen LogP contribution in [0.1, 0.15) is 38.7 Å². The summed E-state index contributed by atoms with van der Waals surface area (Å²) in [5.41, 5.74) is -0.981. The Labute approximate surface area is 187 Å². The lowest BCUT2D eigenvalue weighted by molar-refractivity contribution is -0.137. The molecule has 180 valence electrons. The van der Waals surface area contributed by atoms with Crippen LogP contribution in [0.4, 0.5) is 13.2 Å². The van der Waals surface area contributed by atoms with Gasteiger partial charge in [0.15, 0.2) is 9.84 Å². The third-order valence-corrected chi connectivity index (χ3v) is 8.92. The zero-order chi connectivity index (χ0) is 23.8. The van der Waals surface area contributed by atoms with E-state index < -0.39 is 27.0 Å². The molecule has 5 atom stereocenters. The Morgan fingerprint density at radius 1 is 1.22 bits per heavy atom. The summed E-state index contributed by atoms with van der Waals surface area (Å²) in [6.45, 7) is 4.53. The van der Waals surface area contributed by atoms with Gasteiger partial charge in [0.1, 0.15) is 5.37 Å². The molecule has 10 heteroatoms. The predicted molar refractivity (Wildman–Crippen MR) is 115 cm³/mol. The lowest BCUT2D eigenvalue weighted by Gasteiger charge is -2.28. The van der Waals surface area contributed by atoms with Crippen LogP contribution in [0.5, 0.6) is 0 Å². The van der Waals surface area contributed by atoms with Crippen LogP contribution in [-0.4, -0.2) is 57.3 Å². The minimum Gasteiger partial charge on any atom is -0.353 e. The van der Waals surface area contributed by atoms with E-state index in [9.17, 15) is 26.4 Å². The molecular weight excluding hydrogens is 443 g/mol. The Balaban J connectivity index is 1.70. The smallest absolute Gasteiger partial charge is 0.353 e. The first-order valence-electron chi connectivity index (χ1n) is 10.9. The van der Waals surface area contributed by atoms with E-state index >= 15 is 0 Å². The van der Waals surface area contributed by atoms with Crippen LogP contribution >= 0.6 is 0 Å². The molecule has 1 saturated heterocycles. The lowest BCUT2D eigenvalue weighted by atomic mass is 9.96. The summed E-state index contributed by atoms with van der Waals surface area (Å²) in [5.74, 6) is -0.0783. The molecule has 1 amide bonds. The van der Waals surface area contributed by atoms with E-state index in [0.29, 0.717) is 37.8 Å². The number of benzene rings is 1. The first kappa shape index (κ1) is 25.0. The third kappa shape index (κ3) is 5.12. The molecule has 2 fully saturated rings. The van der Waals surface area contributed by atoms with Crippen molar-refractivity contribution in [2.24, 2.45) is 17.8 Å². The Hall–Kier alpha value is -1.65. The molecule has 1 aromatic rings. The summed E-state index contributed by atoms with van der Waals surface area (Å²) >= 11 is 0. The molecule has 3 rings (SSSR count). The van der Waals surface area contributed by atoms with Gasteiger partial charge in [-0.25, -0.2) is 8.42 Å². The predicted octanol–water partition coefficient (Wildman–Crippen LogP) is 2.90. The van der Waals surface area contributed by atoms with Gasteiger partial charge in [0.25, 0.3) is 0 Å². The Kier molecular flexibility index (Phi) is 7.26. The van der Waals surface area contributed by atoms with Crippen LogP contribution in [0.3, 0.4) is 0 Å². The van der Waals surface area contributed by atoms with Crippen molar-refractivity contribution >= 4 is 15.7 Å². The highest BCUT2D eigenvalue weighted by Crippen LogP contribution is 2.42. The van der Waals surface area contributed by atoms with Gasteiger partial charge in [-0.3, -0.25) is 4.79 Å². The minimum atomic E-state index is -4.61. The number of alkyl halides is 3. The lowest BCUT2D eigenvalue weighted by Crippen LogP contribution is -2.43. The fourth-order valence-corrected chi connectivity index (χ4v) is 7.12. The van der Waals surface area contributed by atoms with E-state index in [4.69, 9.17) is 0 Å². The quantitative estimate of drug-likeness (QED) is 0.634. The SMILES string of the molecule is CC(C)[C@@H](CC(=O)N[C@H]1CC[C@@H]2C(S(=O)(=O)c3cccc(C(F)(F)F)c3)NC[C@H]12)N(C)C. The highest BCUT2D eigenvalue weighted by Gasteiger charge is 2.50. The standard InChI is InChI=1S/C22H32F3N3O3S/c1-13(2)19(28(3)4)11-20(29)27-18-9-8-16-17(18)12-26-21(16)32(30,31)15-7-5-6-14(10-15)22(23,24)25/h5-7,10,13,16-19,21,26H,8-9,11-12H2,1-4H3,(H,27,29)/t16-,17-,18-,19+,21?/m0/s1. The van der Waals surface area contributed by atoms with Gasteiger partial charge in [-0.05, 0) is 62.9 Å². The highest BCUT2D eigenvalue weighted by molar-refractivity contribution is 7.92. The number of rotatable bonds is 7. The van der Waals surface area contributed by atoms with E-state index in [1.165, 1.54) is 6.07 Å². The van der Waals surface area contributed by atoms with Crippen molar-refractivity contribution in [1.29, 1.82) is 0 Å². The number of sulfone groups is 1. The molecule has 1 saturated carbocycles. The van der Waals surface area contributed by atoms with Crippen molar-refractivity contribution in [2.45, 2.75) is 61.6 Å². The molecule has 2 N–H and O–H groups in total. The number of nitrogens with zero attached hydrogens (tertiary/aromatic N) is 1. The number of hydrogen-bond donors (Lipinski definition) is 2. The number of hydrogen-bond acceptors (Lipinski definition) is 5. The maximum atomic E-state index is 13.2. The molecule has 0 spiro atoms. The Bertz CT molecular complexity index is 926. The highest BCUT2D eigenvalue weighted by atomic mass is 32.2. The summed E-state index contributed by atoms with van der Waals surface area (Å²) < 4.78 is 65.5. The fourth-order valence-electron chi connectivity index (χ4n) is 5.16. The van der Waals surface area contributed by atoms with Crippen molar-refractivity contribution < 1.29 is 26.4 Å². The molecule has 1 aliphatic carbocycles. The van der Waals surface area contributed by atoms with Gasteiger partial charge >= 0.3 is 6.18 Å². The number of nitrogens with one attached hydrogen (secondary N) is 2. The molecule has 0 radical (unpaired) electrons. The third-order valence-electron chi connectivity index (χ3n) is 6.82. The molecule has 0 bridgehead atoms. The maximum Gasteiger partial charge on any atom is 0.416 e. The first-order chi connectivity index (χ1) is 14.8. The topological polar surface area (TPSA) is 78.5 Å². The normalized spacial score (nSPS) is 27.0. The monoisotopic (exact) mass is 475 g/mol. The largest absolute Gasteiger partial charge is 0.416 e. The second kappa shape index (κ2) is 9.30. The van der Waals surface area contributed by atoms with E-state index in [0.717, 1.165) is 12.1 Å².